The Morgan fingerprint density at radius 1 is 1.19 bits per heavy atom. The molecule has 0 spiro atoms. The molecule has 9 heteroatoms. The highest BCUT2D eigenvalue weighted by atomic mass is 16.5. The third-order valence-electron chi connectivity index (χ3n) is 6.14. The van der Waals surface area contributed by atoms with E-state index in [2.05, 4.69) is 55.3 Å². The third kappa shape index (κ3) is 4.68. The molecule has 166 valence electrons. The number of aromatic amines is 1. The lowest BCUT2D eigenvalue weighted by atomic mass is 9.98. The number of rotatable bonds is 8. The van der Waals surface area contributed by atoms with Crippen molar-refractivity contribution in [3.63, 3.8) is 0 Å². The van der Waals surface area contributed by atoms with E-state index in [0.717, 1.165) is 29.8 Å². The van der Waals surface area contributed by atoms with Gasteiger partial charge in [0, 0.05) is 25.2 Å². The number of nitrogens with one attached hydrogen (secondary N) is 3. The maximum atomic E-state index is 12.6. The van der Waals surface area contributed by atoms with Gasteiger partial charge in [-0.3, -0.25) is 4.79 Å². The van der Waals surface area contributed by atoms with Crippen LogP contribution in [0, 0.1) is 0 Å². The van der Waals surface area contributed by atoms with Crippen LogP contribution in [0.4, 0.5) is 5.95 Å². The molecule has 2 atom stereocenters. The zero-order chi connectivity index (χ0) is 21.9. The largest absolute Gasteiger partial charge is 0.370 e. The fourth-order valence-corrected chi connectivity index (χ4v) is 4.42. The van der Waals surface area contributed by atoms with Crippen molar-refractivity contribution in [2.75, 3.05) is 11.9 Å². The summed E-state index contributed by atoms with van der Waals surface area (Å²) in [7, 11) is 0. The first kappa shape index (κ1) is 20.7. The number of fused-ring (bicyclic) bond motifs is 2. The summed E-state index contributed by atoms with van der Waals surface area (Å²) < 4.78 is 5.73. The predicted octanol–water partition coefficient (Wildman–Crippen LogP) is 1.41. The lowest BCUT2D eigenvalue weighted by Crippen LogP contribution is -2.44. The number of anilines is 1. The van der Waals surface area contributed by atoms with Gasteiger partial charge in [-0.2, -0.15) is 15.4 Å². The van der Waals surface area contributed by atoms with Crippen molar-refractivity contribution in [2.45, 2.75) is 57.3 Å². The molecule has 3 heterocycles. The summed E-state index contributed by atoms with van der Waals surface area (Å²) in [6.07, 6.45) is 6.56. The average Bonchev–Trinajstić information content (AvgIpc) is 3.46. The minimum atomic E-state index is -0.284. The number of carbonyl (C=O) groups is 1. The van der Waals surface area contributed by atoms with Crippen LogP contribution in [0.2, 0.25) is 0 Å². The van der Waals surface area contributed by atoms with Crippen molar-refractivity contribution >= 4 is 11.7 Å². The van der Waals surface area contributed by atoms with E-state index in [1.807, 2.05) is 13.1 Å². The second-order valence-corrected chi connectivity index (χ2v) is 8.57. The molecule has 0 saturated heterocycles. The molecule has 0 bridgehead atoms. The molecule has 1 aliphatic carbocycles. The highest BCUT2D eigenvalue weighted by molar-refractivity contribution is 5.85. The van der Waals surface area contributed by atoms with Gasteiger partial charge in [-0.1, -0.05) is 24.3 Å². The van der Waals surface area contributed by atoms with Crippen LogP contribution in [0.15, 0.2) is 36.7 Å². The van der Waals surface area contributed by atoms with Crippen molar-refractivity contribution in [3.05, 3.63) is 64.7 Å². The Morgan fingerprint density at radius 3 is 2.75 bits per heavy atom. The minimum Gasteiger partial charge on any atom is -0.370 e. The van der Waals surface area contributed by atoms with Crippen LogP contribution in [-0.4, -0.2) is 56.0 Å². The Labute approximate surface area is 186 Å². The summed E-state index contributed by atoms with van der Waals surface area (Å²) in [6.45, 7) is 2.54. The highest BCUT2D eigenvalue weighted by Gasteiger charge is 2.27. The van der Waals surface area contributed by atoms with E-state index in [-0.39, 0.29) is 24.5 Å². The lowest BCUT2D eigenvalue weighted by molar-refractivity contribution is -0.127. The van der Waals surface area contributed by atoms with Gasteiger partial charge in [-0.05, 0) is 42.9 Å². The maximum Gasteiger partial charge on any atom is 0.223 e. The lowest BCUT2D eigenvalue weighted by Gasteiger charge is -2.25. The fourth-order valence-electron chi connectivity index (χ4n) is 4.42. The van der Waals surface area contributed by atoms with Crippen LogP contribution < -0.4 is 10.6 Å². The molecule has 1 aliphatic heterocycles. The zero-order valence-corrected chi connectivity index (χ0v) is 18.0. The third-order valence-corrected chi connectivity index (χ3v) is 6.14. The van der Waals surface area contributed by atoms with Gasteiger partial charge in [0.1, 0.15) is 6.61 Å². The van der Waals surface area contributed by atoms with Gasteiger partial charge in [-0.25, -0.2) is 9.97 Å². The summed E-state index contributed by atoms with van der Waals surface area (Å²) in [5.74, 6) is 0.687. The molecule has 3 aromatic rings. The molecule has 1 unspecified atom stereocenters. The van der Waals surface area contributed by atoms with Gasteiger partial charge in [0.05, 0.1) is 29.7 Å². The molecule has 0 amide bonds. The van der Waals surface area contributed by atoms with E-state index in [4.69, 9.17) is 9.72 Å². The van der Waals surface area contributed by atoms with Crippen LogP contribution in [0.25, 0.3) is 0 Å². The number of hydrogen-bond donors (Lipinski definition) is 3. The minimum absolute atomic E-state index is 0.0357. The number of H-pyrrole nitrogens is 1. The number of aromatic nitrogens is 5. The molecule has 3 N–H and O–H groups in total. The van der Waals surface area contributed by atoms with Crippen LogP contribution in [0.5, 0.6) is 0 Å². The van der Waals surface area contributed by atoms with Crippen LogP contribution in [0.1, 0.15) is 35.0 Å². The maximum absolute atomic E-state index is 12.6. The van der Waals surface area contributed by atoms with Crippen LogP contribution >= 0.6 is 0 Å². The molecule has 2 aromatic heterocycles. The molecule has 0 radical (unpaired) electrons. The zero-order valence-electron chi connectivity index (χ0n) is 18.0. The van der Waals surface area contributed by atoms with Crippen molar-refractivity contribution in [2.24, 2.45) is 0 Å². The Hall–Kier alpha value is -3.17. The number of benzene rings is 1. The quantitative estimate of drug-likeness (QED) is 0.488. The summed E-state index contributed by atoms with van der Waals surface area (Å²) in [4.78, 5) is 21.9. The summed E-state index contributed by atoms with van der Waals surface area (Å²) in [5, 5.41) is 17.2. The molecule has 2 aliphatic rings. The Kier molecular flexibility index (Phi) is 5.91. The van der Waals surface area contributed by atoms with Crippen LogP contribution in [0.3, 0.4) is 0 Å². The fraction of sp³-hybridized carbons (Fsp3) is 0.435. The molecule has 0 fully saturated rings. The van der Waals surface area contributed by atoms with Gasteiger partial charge >= 0.3 is 0 Å². The van der Waals surface area contributed by atoms with E-state index >= 15 is 0 Å². The topological polar surface area (TPSA) is 118 Å². The van der Waals surface area contributed by atoms with Crippen LogP contribution in [-0.2, 0) is 41.8 Å². The second kappa shape index (κ2) is 9.13. The second-order valence-electron chi connectivity index (χ2n) is 8.57. The molecule has 5 rings (SSSR count). The van der Waals surface area contributed by atoms with Gasteiger partial charge in [0.2, 0.25) is 5.95 Å². The SMILES string of the molecule is CC(Cc1cn[nH]n1)OCC(=O)[C@@H]1Cc2cnc(NC3Cc4ccccc4C3)nc2CN1. The van der Waals surface area contributed by atoms with Gasteiger partial charge < -0.3 is 15.4 Å². The molecule has 32 heavy (non-hydrogen) atoms. The van der Waals surface area contributed by atoms with Gasteiger partial charge in [0.15, 0.2) is 5.78 Å². The highest BCUT2D eigenvalue weighted by Crippen LogP contribution is 2.24. The van der Waals surface area contributed by atoms with Gasteiger partial charge in [-0.15, -0.1) is 0 Å². The summed E-state index contributed by atoms with van der Waals surface area (Å²) in [5.41, 5.74) is 5.56. The Balaban J connectivity index is 1.13. The molecular weight excluding hydrogens is 406 g/mol. The monoisotopic (exact) mass is 433 g/mol. The molecule has 9 nitrogen and oxygen atoms in total. The first-order valence-corrected chi connectivity index (χ1v) is 11.0. The first-order valence-electron chi connectivity index (χ1n) is 11.0. The molecule has 0 saturated carbocycles. The summed E-state index contributed by atoms with van der Waals surface area (Å²) >= 11 is 0. The Morgan fingerprint density at radius 2 is 2.00 bits per heavy atom. The number of ether oxygens (including phenoxy) is 1. The van der Waals surface area contributed by atoms with Crippen molar-refractivity contribution < 1.29 is 9.53 Å². The number of ketones is 1. The predicted molar refractivity (Wildman–Crippen MR) is 118 cm³/mol. The van der Waals surface area contributed by atoms with E-state index in [1.165, 1.54) is 11.1 Å². The summed E-state index contributed by atoms with van der Waals surface area (Å²) in [6, 6.07) is 8.57. The first-order chi connectivity index (χ1) is 15.6. The van der Waals surface area contributed by atoms with Gasteiger partial charge in [0.25, 0.3) is 0 Å². The smallest absolute Gasteiger partial charge is 0.223 e. The van der Waals surface area contributed by atoms with E-state index in [9.17, 15) is 4.79 Å². The Bertz CT molecular complexity index is 1060. The van der Waals surface area contributed by atoms with Crippen molar-refractivity contribution in [3.8, 4) is 0 Å². The molecule has 1 aromatic carbocycles. The standard InChI is InChI=1S/C23H27N7O2/c1-14(6-19-11-26-30-29-19)32-13-22(31)20-9-17-10-25-23(28-21(17)12-24-20)27-18-7-15-4-2-3-5-16(15)8-18/h2-5,10-11,14,18,20,24H,6-9,12-13H2,1H3,(H,25,27,28)(H,26,29,30)/t14?,20-/m0/s1. The number of nitrogens with zero attached hydrogens (tertiary/aromatic N) is 4. The van der Waals surface area contributed by atoms with E-state index in [0.29, 0.717) is 31.4 Å². The van der Waals surface area contributed by atoms with Crippen molar-refractivity contribution in [1.82, 2.24) is 30.7 Å². The van der Waals surface area contributed by atoms with E-state index < -0.39 is 0 Å². The average molecular weight is 434 g/mol. The number of hydrogen-bond acceptors (Lipinski definition) is 8. The normalized spacial score (nSPS) is 18.7. The molecular formula is C23H27N7O2. The number of Topliss-reactive ketones (excluding diaryl/α,β-unsaturated/α-hetero) is 1. The van der Waals surface area contributed by atoms with E-state index in [1.54, 1.807) is 6.20 Å². The van der Waals surface area contributed by atoms with Crippen molar-refractivity contribution in [1.29, 1.82) is 0 Å². The number of carbonyl (C=O) groups excluding carboxylic acids is 1.